The molecule has 0 saturated heterocycles. The molecule has 0 fully saturated rings. The summed E-state index contributed by atoms with van der Waals surface area (Å²) < 4.78 is 0.937. The molecule has 3 N–H and O–H groups in total. The molecule has 0 bridgehead atoms. The largest absolute Gasteiger partial charge is 0.530 e. The SMILES string of the molecule is Cc1cc[n+](O)c(NCCNC(=O)[O-])c1. The quantitative estimate of drug-likeness (QED) is 0.334. The van der Waals surface area contributed by atoms with E-state index in [1.807, 2.05) is 6.92 Å². The van der Waals surface area contributed by atoms with E-state index in [9.17, 15) is 15.1 Å². The molecule has 1 rings (SSSR count). The summed E-state index contributed by atoms with van der Waals surface area (Å²) in [6, 6.07) is 3.50. The molecule has 1 aromatic heterocycles. The van der Waals surface area contributed by atoms with Gasteiger partial charge in [-0.3, -0.25) is 5.32 Å². The van der Waals surface area contributed by atoms with Gasteiger partial charge in [-0.1, -0.05) is 4.73 Å². The van der Waals surface area contributed by atoms with E-state index in [2.05, 4.69) is 10.6 Å². The summed E-state index contributed by atoms with van der Waals surface area (Å²) in [5, 5.41) is 24.3. The molecule has 6 nitrogen and oxygen atoms in total. The molecule has 6 heteroatoms. The maximum absolute atomic E-state index is 10.0. The van der Waals surface area contributed by atoms with E-state index in [0.29, 0.717) is 12.4 Å². The Kier molecular flexibility index (Phi) is 3.73. The van der Waals surface area contributed by atoms with Gasteiger partial charge in [0.15, 0.2) is 0 Å². The van der Waals surface area contributed by atoms with Gasteiger partial charge in [0.25, 0.3) is 0 Å². The van der Waals surface area contributed by atoms with Crippen LogP contribution in [-0.2, 0) is 0 Å². The molecule has 1 aromatic rings. The van der Waals surface area contributed by atoms with Crippen molar-refractivity contribution in [2.45, 2.75) is 6.92 Å². The molecule has 0 aromatic carbocycles. The Bertz CT molecular complexity index is 354. The standard InChI is InChI=1S/C9H13N3O3/c1-7-2-5-12(15)8(6-7)10-3-4-11-9(13)14/h2,5-6,11,15H,3-4H2,1H3,(H,13,14). The van der Waals surface area contributed by atoms with E-state index in [-0.39, 0.29) is 6.54 Å². The van der Waals surface area contributed by atoms with Crippen LogP contribution in [0.15, 0.2) is 18.3 Å². The molecule has 0 aliphatic carbocycles. The zero-order chi connectivity index (χ0) is 11.3. The van der Waals surface area contributed by atoms with E-state index in [1.54, 1.807) is 12.1 Å². The molecule has 1 amide bonds. The molecule has 82 valence electrons. The Morgan fingerprint density at radius 1 is 1.60 bits per heavy atom. The number of carbonyl (C=O) groups excluding carboxylic acids is 1. The van der Waals surface area contributed by atoms with Crippen molar-refractivity contribution in [1.29, 1.82) is 0 Å². The van der Waals surface area contributed by atoms with Crippen molar-refractivity contribution in [2.24, 2.45) is 0 Å². The summed E-state index contributed by atoms with van der Waals surface area (Å²) in [5.41, 5.74) is 0.996. The number of hydrogen-bond acceptors (Lipinski definition) is 4. The molecule has 0 unspecified atom stereocenters. The van der Waals surface area contributed by atoms with Gasteiger partial charge in [-0.25, -0.2) is 0 Å². The van der Waals surface area contributed by atoms with Crippen molar-refractivity contribution in [1.82, 2.24) is 5.32 Å². The number of rotatable bonds is 4. The number of aromatic nitrogens is 1. The fraction of sp³-hybridized carbons (Fsp3) is 0.333. The van der Waals surface area contributed by atoms with Crippen molar-refractivity contribution in [3.63, 3.8) is 0 Å². The zero-order valence-corrected chi connectivity index (χ0v) is 8.36. The van der Waals surface area contributed by atoms with E-state index in [4.69, 9.17) is 0 Å². The van der Waals surface area contributed by atoms with Gasteiger partial charge in [0.1, 0.15) is 18.8 Å². The Morgan fingerprint density at radius 3 is 3.00 bits per heavy atom. The minimum atomic E-state index is -1.31. The molecule has 0 aliphatic heterocycles. The van der Waals surface area contributed by atoms with Gasteiger partial charge in [-0.05, 0) is 18.6 Å². The molecule has 0 aliphatic rings. The van der Waals surface area contributed by atoms with Crippen LogP contribution in [0.4, 0.5) is 10.6 Å². The topological polar surface area (TPSA) is 88.3 Å². The van der Waals surface area contributed by atoms with Crippen molar-refractivity contribution < 1.29 is 19.8 Å². The minimum Gasteiger partial charge on any atom is -0.530 e. The summed E-state index contributed by atoms with van der Waals surface area (Å²) in [6.45, 7) is 2.48. The van der Waals surface area contributed by atoms with Crippen LogP contribution in [0.1, 0.15) is 5.56 Å². The first kappa shape index (κ1) is 11.1. The summed E-state index contributed by atoms with van der Waals surface area (Å²) in [6.07, 6.45) is 0.196. The van der Waals surface area contributed by atoms with Crippen LogP contribution in [0.25, 0.3) is 0 Å². The van der Waals surface area contributed by atoms with Gasteiger partial charge >= 0.3 is 5.82 Å². The average molecular weight is 211 g/mol. The minimum absolute atomic E-state index is 0.219. The number of nitrogens with one attached hydrogen (secondary N) is 2. The Morgan fingerprint density at radius 2 is 2.33 bits per heavy atom. The van der Waals surface area contributed by atoms with Gasteiger partial charge in [-0.2, -0.15) is 0 Å². The summed E-state index contributed by atoms with van der Waals surface area (Å²) in [5.74, 6) is 0.509. The molecule has 0 radical (unpaired) electrons. The van der Waals surface area contributed by atoms with Crippen LogP contribution in [0.5, 0.6) is 0 Å². The maximum Gasteiger partial charge on any atom is 0.314 e. The highest BCUT2D eigenvalue weighted by Crippen LogP contribution is 2.01. The highest BCUT2D eigenvalue weighted by atomic mass is 16.5. The highest BCUT2D eigenvalue weighted by Gasteiger charge is 2.06. The van der Waals surface area contributed by atoms with Crippen LogP contribution in [0.3, 0.4) is 0 Å². The van der Waals surface area contributed by atoms with Crippen LogP contribution < -0.4 is 20.5 Å². The Balaban J connectivity index is 2.43. The lowest BCUT2D eigenvalue weighted by molar-refractivity contribution is -0.893. The second-order valence-electron chi connectivity index (χ2n) is 3.07. The molecule has 0 spiro atoms. The predicted octanol–water partition coefficient (Wildman–Crippen LogP) is -1.14. The van der Waals surface area contributed by atoms with Crippen LogP contribution in [0.2, 0.25) is 0 Å². The first-order valence-electron chi connectivity index (χ1n) is 4.50. The number of carboxylic acid groups (broad SMARTS) is 1. The van der Waals surface area contributed by atoms with E-state index in [0.717, 1.165) is 10.3 Å². The number of hydrogen-bond donors (Lipinski definition) is 3. The highest BCUT2D eigenvalue weighted by molar-refractivity contribution is 5.61. The van der Waals surface area contributed by atoms with Crippen molar-refractivity contribution in [2.75, 3.05) is 18.4 Å². The zero-order valence-electron chi connectivity index (χ0n) is 8.36. The summed E-state index contributed by atoms with van der Waals surface area (Å²) >= 11 is 0. The molecule has 15 heavy (non-hydrogen) atoms. The van der Waals surface area contributed by atoms with Gasteiger partial charge in [-0.15, -0.1) is 0 Å². The number of anilines is 1. The lowest BCUT2D eigenvalue weighted by Crippen LogP contribution is -2.40. The maximum atomic E-state index is 10.0. The van der Waals surface area contributed by atoms with Gasteiger partial charge in [0.2, 0.25) is 0 Å². The second-order valence-corrected chi connectivity index (χ2v) is 3.07. The number of nitrogens with zero attached hydrogens (tertiary/aromatic N) is 1. The van der Waals surface area contributed by atoms with Crippen molar-refractivity contribution in [3.05, 3.63) is 23.9 Å². The lowest BCUT2D eigenvalue weighted by Gasteiger charge is -2.05. The molecule has 0 saturated carbocycles. The monoisotopic (exact) mass is 211 g/mol. The van der Waals surface area contributed by atoms with E-state index < -0.39 is 6.09 Å². The number of aryl methyl sites for hydroxylation is 1. The fourth-order valence-corrected chi connectivity index (χ4v) is 1.09. The second kappa shape index (κ2) is 5.04. The molecular formula is C9H13N3O3. The fourth-order valence-electron chi connectivity index (χ4n) is 1.09. The van der Waals surface area contributed by atoms with Gasteiger partial charge in [0, 0.05) is 6.07 Å². The van der Waals surface area contributed by atoms with Crippen LogP contribution in [0, 0.1) is 6.92 Å². The average Bonchev–Trinajstić information content (AvgIpc) is 2.17. The smallest absolute Gasteiger partial charge is 0.314 e. The Labute approximate surface area is 87.1 Å². The summed E-state index contributed by atoms with van der Waals surface area (Å²) in [4.78, 5) is 10.0. The van der Waals surface area contributed by atoms with Crippen LogP contribution >= 0.6 is 0 Å². The molecule has 0 atom stereocenters. The van der Waals surface area contributed by atoms with E-state index in [1.165, 1.54) is 6.20 Å². The number of carbonyl (C=O) groups is 1. The van der Waals surface area contributed by atoms with E-state index >= 15 is 0 Å². The third-order valence-corrected chi connectivity index (χ3v) is 1.79. The lowest BCUT2D eigenvalue weighted by atomic mass is 10.3. The van der Waals surface area contributed by atoms with Crippen molar-refractivity contribution >= 4 is 11.9 Å². The number of pyridine rings is 1. The number of amides is 1. The third-order valence-electron chi connectivity index (χ3n) is 1.79. The summed E-state index contributed by atoms with van der Waals surface area (Å²) in [7, 11) is 0. The Hall–Kier alpha value is -1.98. The normalized spacial score (nSPS) is 9.67. The molecular weight excluding hydrogens is 198 g/mol. The third kappa shape index (κ3) is 3.72. The van der Waals surface area contributed by atoms with Gasteiger partial charge < -0.3 is 20.4 Å². The van der Waals surface area contributed by atoms with Crippen LogP contribution in [-0.4, -0.2) is 24.4 Å². The van der Waals surface area contributed by atoms with Gasteiger partial charge in [0.05, 0.1) is 6.54 Å². The first-order chi connectivity index (χ1) is 7.09. The first-order valence-corrected chi connectivity index (χ1v) is 4.50. The molecule has 1 heterocycles. The van der Waals surface area contributed by atoms with Crippen molar-refractivity contribution in [3.8, 4) is 0 Å². The predicted molar refractivity (Wildman–Crippen MR) is 50.4 cm³/mol.